The largest absolute Gasteiger partial charge is 0.420 e. The molecule has 2 fully saturated rings. The van der Waals surface area contributed by atoms with Gasteiger partial charge in [-0.15, -0.1) is 0 Å². The van der Waals surface area contributed by atoms with Crippen LogP contribution in [0.4, 0.5) is 0 Å². The molecule has 0 amide bonds. The van der Waals surface area contributed by atoms with Gasteiger partial charge in [-0.05, 0) is 42.9 Å². The zero-order valence-corrected chi connectivity index (χ0v) is 15.7. The molecule has 1 atom stereocenters. The van der Waals surface area contributed by atoms with Gasteiger partial charge in [0, 0.05) is 6.04 Å². The first-order valence-electron chi connectivity index (χ1n) is 9.91. The molecule has 0 saturated carbocycles. The van der Waals surface area contributed by atoms with Crippen molar-refractivity contribution in [1.82, 2.24) is 4.81 Å². The summed E-state index contributed by atoms with van der Waals surface area (Å²) in [6, 6.07) is 30.6. The second-order valence-corrected chi connectivity index (χ2v) is 7.69. The van der Waals surface area contributed by atoms with E-state index in [0.29, 0.717) is 6.04 Å². The molecule has 5 rings (SSSR count). The molecule has 0 unspecified atom stereocenters. The number of aryl methyl sites for hydroxylation is 1. The molecule has 2 saturated heterocycles. The quantitative estimate of drug-likeness (QED) is 0.657. The third kappa shape index (κ3) is 2.57. The predicted octanol–water partition coefficient (Wildman–Crippen LogP) is 4.13. The van der Waals surface area contributed by atoms with E-state index in [-0.39, 0.29) is 7.05 Å². The van der Waals surface area contributed by atoms with Gasteiger partial charge in [0.25, 0.3) is 0 Å². The highest BCUT2D eigenvalue weighted by Crippen LogP contribution is 2.48. The van der Waals surface area contributed by atoms with Gasteiger partial charge in [-0.25, -0.2) is 0 Å². The van der Waals surface area contributed by atoms with Crippen LogP contribution < -0.4 is 5.46 Å². The van der Waals surface area contributed by atoms with Gasteiger partial charge in [0.05, 0.1) is 0 Å². The van der Waals surface area contributed by atoms with E-state index in [4.69, 9.17) is 4.65 Å². The van der Waals surface area contributed by atoms with E-state index < -0.39 is 5.60 Å². The Balaban J connectivity index is 1.71. The molecule has 27 heavy (non-hydrogen) atoms. The van der Waals surface area contributed by atoms with Crippen molar-refractivity contribution in [3.05, 3.63) is 102 Å². The summed E-state index contributed by atoms with van der Waals surface area (Å²) in [5, 5.41) is 0. The summed E-state index contributed by atoms with van der Waals surface area (Å²) in [5.74, 6) is 0. The van der Waals surface area contributed by atoms with Crippen molar-refractivity contribution in [1.29, 1.82) is 0 Å². The summed E-state index contributed by atoms with van der Waals surface area (Å²) in [7, 11) is -0.000822. The normalized spacial score (nSPS) is 21.4. The van der Waals surface area contributed by atoms with Gasteiger partial charge in [-0.2, -0.15) is 0 Å². The summed E-state index contributed by atoms with van der Waals surface area (Å²) >= 11 is 0. The van der Waals surface area contributed by atoms with Crippen LogP contribution in [0.25, 0.3) is 0 Å². The molecular weight excluding hydrogens is 329 g/mol. The van der Waals surface area contributed by atoms with Gasteiger partial charge in [0.15, 0.2) is 0 Å². The maximum Gasteiger partial charge on any atom is 0.420 e. The van der Waals surface area contributed by atoms with Crippen molar-refractivity contribution in [3.63, 3.8) is 0 Å². The second kappa shape index (κ2) is 6.67. The van der Waals surface area contributed by atoms with E-state index in [1.54, 1.807) is 0 Å². The van der Waals surface area contributed by atoms with E-state index in [0.717, 1.165) is 13.0 Å². The van der Waals surface area contributed by atoms with Crippen molar-refractivity contribution in [2.75, 3.05) is 6.54 Å². The Morgan fingerprint density at radius 3 is 2.07 bits per heavy atom. The Morgan fingerprint density at radius 2 is 1.44 bits per heavy atom. The molecule has 0 aliphatic carbocycles. The lowest BCUT2D eigenvalue weighted by atomic mass is 9.70. The second-order valence-electron chi connectivity index (χ2n) is 7.69. The highest BCUT2D eigenvalue weighted by atomic mass is 16.5. The van der Waals surface area contributed by atoms with Crippen LogP contribution >= 0.6 is 0 Å². The summed E-state index contributed by atoms with van der Waals surface area (Å²) < 4.78 is 7.08. The SMILES string of the molecule is Cc1ccccc1B1OC(c2ccccc2)(c2ccccc2)[C@@H]2CCCN12. The van der Waals surface area contributed by atoms with Gasteiger partial charge in [-0.1, -0.05) is 90.5 Å². The Hall–Kier alpha value is -2.36. The Labute approximate surface area is 161 Å². The molecule has 0 spiro atoms. The molecule has 2 heterocycles. The van der Waals surface area contributed by atoms with E-state index in [9.17, 15) is 0 Å². The van der Waals surface area contributed by atoms with Crippen LogP contribution in [-0.2, 0) is 10.3 Å². The fraction of sp³-hybridized carbons (Fsp3) is 0.250. The molecule has 0 radical (unpaired) electrons. The van der Waals surface area contributed by atoms with Gasteiger partial charge in [-0.3, -0.25) is 0 Å². The molecule has 3 aromatic rings. The average Bonchev–Trinajstić information content (AvgIpc) is 3.32. The number of nitrogens with zero attached hydrogens (tertiary/aromatic N) is 1. The van der Waals surface area contributed by atoms with Gasteiger partial charge in [0.2, 0.25) is 0 Å². The summed E-state index contributed by atoms with van der Waals surface area (Å²) in [6.45, 7) is 3.28. The van der Waals surface area contributed by atoms with Crippen LogP contribution in [0.1, 0.15) is 29.5 Å². The average molecular weight is 353 g/mol. The fourth-order valence-electron chi connectivity index (χ4n) is 4.99. The minimum absolute atomic E-state index is 0.000822. The van der Waals surface area contributed by atoms with Crippen molar-refractivity contribution in [2.45, 2.75) is 31.4 Å². The Morgan fingerprint density at radius 1 is 0.852 bits per heavy atom. The lowest BCUT2D eigenvalue weighted by molar-refractivity contribution is 0.106. The zero-order valence-electron chi connectivity index (χ0n) is 15.7. The summed E-state index contributed by atoms with van der Waals surface area (Å²) in [6.07, 6.45) is 2.38. The summed E-state index contributed by atoms with van der Waals surface area (Å²) in [5.41, 5.74) is 4.67. The summed E-state index contributed by atoms with van der Waals surface area (Å²) in [4.78, 5) is 2.59. The van der Waals surface area contributed by atoms with Crippen LogP contribution in [0, 0.1) is 6.92 Å². The van der Waals surface area contributed by atoms with E-state index in [1.807, 2.05) is 0 Å². The topological polar surface area (TPSA) is 12.5 Å². The van der Waals surface area contributed by atoms with Crippen LogP contribution in [-0.4, -0.2) is 24.4 Å². The highest BCUT2D eigenvalue weighted by molar-refractivity contribution is 6.66. The fourth-order valence-corrected chi connectivity index (χ4v) is 4.99. The van der Waals surface area contributed by atoms with Crippen molar-refractivity contribution < 1.29 is 4.65 Å². The maximum absolute atomic E-state index is 7.08. The molecule has 2 nitrogen and oxygen atoms in total. The van der Waals surface area contributed by atoms with Crippen LogP contribution in [0.15, 0.2) is 84.9 Å². The number of hydrogen-bond donors (Lipinski definition) is 0. The molecule has 0 bridgehead atoms. The van der Waals surface area contributed by atoms with Crippen LogP contribution in [0.2, 0.25) is 0 Å². The van der Waals surface area contributed by atoms with E-state index in [2.05, 4.69) is 96.7 Å². The molecule has 134 valence electrons. The Bertz CT molecular complexity index is 888. The lowest BCUT2D eigenvalue weighted by Crippen LogP contribution is -2.46. The highest BCUT2D eigenvalue weighted by Gasteiger charge is 2.59. The molecule has 2 aliphatic heterocycles. The van der Waals surface area contributed by atoms with E-state index >= 15 is 0 Å². The Kier molecular flexibility index (Phi) is 4.15. The van der Waals surface area contributed by atoms with Crippen molar-refractivity contribution in [2.24, 2.45) is 0 Å². The van der Waals surface area contributed by atoms with Gasteiger partial charge >= 0.3 is 7.05 Å². The molecular formula is C24H24BNO. The third-order valence-corrected chi connectivity index (χ3v) is 6.22. The number of hydrogen-bond acceptors (Lipinski definition) is 2. The molecule has 0 N–H and O–H groups in total. The van der Waals surface area contributed by atoms with Gasteiger partial charge < -0.3 is 9.47 Å². The molecule has 2 aliphatic rings. The number of fused-ring (bicyclic) bond motifs is 1. The van der Waals surface area contributed by atoms with Crippen molar-refractivity contribution in [3.8, 4) is 0 Å². The third-order valence-electron chi connectivity index (χ3n) is 6.22. The first-order chi connectivity index (χ1) is 13.3. The first-order valence-corrected chi connectivity index (χ1v) is 9.91. The van der Waals surface area contributed by atoms with Crippen LogP contribution in [0.3, 0.4) is 0 Å². The molecule has 0 aromatic heterocycles. The standard InChI is InChI=1S/C24H24BNO/c1-19-11-8-9-16-22(19)25-26-18-10-17-23(26)24(27-25,20-12-4-2-5-13-20)21-14-6-3-7-15-21/h2-9,11-16,23H,10,17-18H2,1H3/t23-/m0/s1. The van der Waals surface area contributed by atoms with Gasteiger partial charge in [0.1, 0.15) is 5.60 Å². The molecule has 3 heteroatoms. The van der Waals surface area contributed by atoms with Crippen molar-refractivity contribution >= 4 is 12.5 Å². The smallest absolute Gasteiger partial charge is 0.402 e. The number of rotatable bonds is 3. The number of benzene rings is 3. The lowest BCUT2D eigenvalue weighted by Gasteiger charge is -2.36. The minimum atomic E-state index is -0.425. The van der Waals surface area contributed by atoms with E-state index in [1.165, 1.54) is 28.6 Å². The monoisotopic (exact) mass is 353 g/mol. The molecule has 3 aromatic carbocycles. The zero-order chi connectivity index (χ0) is 18.3. The predicted molar refractivity (Wildman–Crippen MR) is 111 cm³/mol. The van der Waals surface area contributed by atoms with Crippen LogP contribution in [0.5, 0.6) is 0 Å². The first kappa shape index (κ1) is 16.8. The maximum atomic E-state index is 7.08. The minimum Gasteiger partial charge on any atom is -0.402 e.